The topological polar surface area (TPSA) is 199 Å². The van der Waals surface area contributed by atoms with E-state index in [-0.39, 0.29) is 112 Å². The third kappa shape index (κ3) is 20.5. The van der Waals surface area contributed by atoms with Gasteiger partial charge in [0, 0.05) is 98.4 Å². The summed E-state index contributed by atoms with van der Waals surface area (Å²) < 4.78 is 21.9. The van der Waals surface area contributed by atoms with Crippen molar-refractivity contribution >= 4 is 23.9 Å². The smallest absolute Gasteiger partial charge is 0.317 e. The van der Waals surface area contributed by atoms with Crippen molar-refractivity contribution < 1.29 is 98.5 Å². The molecule has 1 saturated heterocycles. The van der Waals surface area contributed by atoms with E-state index in [2.05, 4.69) is 0 Å². The van der Waals surface area contributed by atoms with Crippen LogP contribution in [0.1, 0.15) is 12.5 Å². The van der Waals surface area contributed by atoms with Gasteiger partial charge in [-0.2, -0.15) is 0 Å². The summed E-state index contributed by atoms with van der Waals surface area (Å²) in [6.45, 7) is 5.67. The molecule has 0 bridgehead atoms. The molecule has 16 nitrogen and oxygen atoms in total. The summed E-state index contributed by atoms with van der Waals surface area (Å²) in [7, 11) is 0. The fourth-order valence-corrected chi connectivity index (χ4v) is 5.15. The van der Waals surface area contributed by atoms with Crippen LogP contribution in [0.25, 0.3) is 0 Å². The molecule has 48 heavy (non-hydrogen) atoms. The molecule has 1 aliphatic rings. The minimum absolute atomic E-state index is 0. The number of aliphatic carboxylic acids is 4. The van der Waals surface area contributed by atoms with Crippen LogP contribution in [-0.2, 0) is 39.8 Å². The maximum Gasteiger partial charge on any atom is 0.317 e. The first-order valence-electron chi connectivity index (χ1n) is 15.8. The summed E-state index contributed by atoms with van der Waals surface area (Å²) in [5.41, 5.74) is 0.871. The fourth-order valence-electron chi connectivity index (χ4n) is 5.15. The largest absolute Gasteiger partial charge is 0.491 e. The van der Waals surface area contributed by atoms with Crippen molar-refractivity contribution in [1.29, 1.82) is 0 Å². The first kappa shape index (κ1) is 44.0. The molecule has 1 heterocycles. The van der Waals surface area contributed by atoms with E-state index in [0.29, 0.717) is 58.4 Å². The molecule has 0 saturated carbocycles. The minimum Gasteiger partial charge on any atom is -0.491 e. The number of carboxylic acids is 4. The SMILES string of the molecule is CCOCCOCCOCCOc1ccc(C[C@H]2CN(CC(=O)O)CCN(CC(=O)O)CCN(CC(=O)O)CCN2CC(=O)O)cc1.[Gd]. The van der Waals surface area contributed by atoms with Gasteiger partial charge in [0.2, 0.25) is 0 Å². The van der Waals surface area contributed by atoms with Crippen LogP contribution in [0.15, 0.2) is 24.3 Å². The van der Waals surface area contributed by atoms with Crippen molar-refractivity contribution in [2.45, 2.75) is 19.4 Å². The zero-order valence-corrected chi connectivity index (χ0v) is 29.8. The number of nitrogens with zero attached hydrogens (tertiary/aromatic N) is 4. The zero-order chi connectivity index (χ0) is 34.4. The predicted octanol–water partition coefficient (Wildman–Crippen LogP) is -0.394. The van der Waals surface area contributed by atoms with E-state index in [0.717, 1.165) is 5.56 Å². The summed E-state index contributed by atoms with van der Waals surface area (Å²) in [5, 5.41) is 38.2. The Bertz CT molecular complexity index is 1080. The molecule has 2 rings (SSSR count). The minimum atomic E-state index is -1.06. The average Bonchev–Trinajstić information content (AvgIpc) is 3.00. The van der Waals surface area contributed by atoms with Crippen LogP contribution in [0, 0.1) is 39.9 Å². The molecule has 4 N–H and O–H groups in total. The molecule has 1 aromatic rings. The summed E-state index contributed by atoms with van der Waals surface area (Å²) in [4.78, 5) is 53.5. The van der Waals surface area contributed by atoms with Crippen molar-refractivity contribution in [3.05, 3.63) is 29.8 Å². The Labute approximate surface area is 313 Å². The predicted molar refractivity (Wildman–Crippen MR) is 169 cm³/mol. The second-order valence-corrected chi connectivity index (χ2v) is 11.1. The second kappa shape index (κ2) is 25.9. The second-order valence-electron chi connectivity index (χ2n) is 11.1. The maximum absolute atomic E-state index is 11.9. The Morgan fingerprint density at radius 3 is 1.56 bits per heavy atom. The van der Waals surface area contributed by atoms with Crippen LogP contribution in [-0.4, -0.2) is 188 Å². The molecule has 1 atom stereocenters. The molecular weight excluding hydrogens is 778 g/mol. The van der Waals surface area contributed by atoms with Crippen LogP contribution >= 0.6 is 0 Å². The van der Waals surface area contributed by atoms with Gasteiger partial charge in [0.15, 0.2) is 0 Å². The molecule has 0 spiro atoms. The maximum atomic E-state index is 11.9. The van der Waals surface area contributed by atoms with Crippen molar-refractivity contribution in [1.82, 2.24) is 19.6 Å². The van der Waals surface area contributed by atoms with E-state index >= 15 is 0 Å². The summed E-state index contributed by atoms with van der Waals surface area (Å²) in [6, 6.07) is 6.89. The Morgan fingerprint density at radius 2 is 1.06 bits per heavy atom. The first-order valence-corrected chi connectivity index (χ1v) is 15.8. The number of ether oxygens (including phenoxy) is 4. The molecule has 0 amide bonds. The number of rotatable bonds is 21. The molecule has 1 fully saturated rings. The molecule has 274 valence electrons. The number of hydrogen-bond acceptors (Lipinski definition) is 12. The first-order chi connectivity index (χ1) is 22.5. The Hall–Kier alpha value is -2.06. The van der Waals surface area contributed by atoms with E-state index in [1.807, 2.05) is 19.1 Å². The normalized spacial score (nSPS) is 17.5. The van der Waals surface area contributed by atoms with Crippen LogP contribution in [0.3, 0.4) is 0 Å². The van der Waals surface area contributed by atoms with E-state index in [1.54, 1.807) is 31.7 Å². The third-order valence-corrected chi connectivity index (χ3v) is 7.41. The van der Waals surface area contributed by atoms with Crippen molar-refractivity contribution in [3.8, 4) is 5.75 Å². The van der Waals surface area contributed by atoms with Gasteiger partial charge in [-0.25, -0.2) is 0 Å². The van der Waals surface area contributed by atoms with Gasteiger partial charge >= 0.3 is 23.9 Å². The van der Waals surface area contributed by atoms with Gasteiger partial charge in [0.1, 0.15) is 12.4 Å². The van der Waals surface area contributed by atoms with Gasteiger partial charge in [-0.3, -0.25) is 38.8 Å². The van der Waals surface area contributed by atoms with Crippen LogP contribution in [0.4, 0.5) is 0 Å². The Morgan fingerprint density at radius 1 is 0.625 bits per heavy atom. The van der Waals surface area contributed by atoms with Gasteiger partial charge in [-0.05, 0) is 31.0 Å². The van der Waals surface area contributed by atoms with Gasteiger partial charge in [-0.1, -0.05) is 12.1 Å². The van der Waals surface area contributed by atoms with Crippen molar-refractivity contribution in [3.63, 3.8) is 0 Å². The van der Waals surface area contributed by atoms with E-state index in [4.69, 9.17) is 18.9 Å². The van der Waals surface area contributed by atoms with E-state index < -0.39 is 29.9 Å². The van der Waals surface area contributed by atoms with Gasteiger partial charge in [-0.15, -0.1) is 0 Å². The Balaban J connectivity index is 0.0000115. The van der Waals surface area contributed by atoms with Gasteiger partial charge in [0.05, 0.1) is 59.2 Å². The standard InChI is InChI=1S/C31H50N4O12.Gd/c1-2-44-13-14-45-15-16-46-17-18-47-27-5-3-25(4-6-27)19-26-20-34(23-30(40)41)10-9-32(21-28(36)37)7-8-33(22-29(38)39)11-12-35(26)24-31(42)43;/h3-6,26H,2,7-24H2,1H3,(H,36,37)(H,38,39)(H,40,41)(H,42,43);/t26-;/m0./s1. The number of carboxylic acid groups (broad SMARTS) is 4. The quantitative estimate of drug-likeness (QED) is 0.117. The molecular formula is C31H50GdN4O12. The van der Waals surface area contributed by atoms with Crippen LogP contribution in [0.2, 0.25) is 0 Å². The number of hydrogen-bond donors (Lipinski definition) is 4. The molecule has 0 aromatic heterocycles. The number of carbonyl (C=O) groups is 4. The van der Waals surface area contributed by atoms with Gasteiger partial charge in [0.25, 0.3) is 0 Å². The fraction of sp³-hybridized carbons (Fsp3) is 0.677. The molecule has 17 heteroatoms. The van der Waals surface area contributed by atoms with Crippen LogP contribution < -0.4 is 4.74 Å². The third-order valence-electron chi connectivity index (χ3n) is 7.41. The van der Waals surface area contributed by atoms with Crippen molar-refractivity contribution in [2.75, 3.05) is 118 Å². The molecule has 1 aromatic carbocycles. The average molecular weight is 828 g/mol. The van der Waals surface area contributed by atoms with Gasteiger partial charge < -0.3 is 39.4 Å². The summed E-state index contributed by atoms with van der Waals surface area (Å²) in [6.07, 6.45) is 0.383. The molecule has 0 radical (unpaired) electrons. The van der Waals surface area contributed by atoms with E-state index in [9.17, 15) is 39.6 Å². The van der Waals surface area contributed by atoms with Crippen molar-refractivity contribution in [2.24, 2.45) is 0 Å². The zero-order valence-electron chi connectivity index (χ0n) is 27.5. The Kier molecular flexibility index (Phi) is 23.7. The van der Waals surface area contributed by atoms with E-state index in [1.165, 1.54) is 0 Å². The molecule has 0 aliphatic carbocycles. The summed E-state index contributed by atoms with van der Waals surface area (Å²) in [5.74, 6) is -3.59. The molecule has 0 unspecified atom stereocenters. The number of benzene rings is 1. The molecule has 1 aliphatic heterocycles. The summed E-state index contributed by atoms with van der Waals surface area (Å²) >= 11 is 0. The monoisotopic (exact) mass is 828 g/mol. The van der Waals surface area contributed by atoms with Crippen LogP contribution in [0.5, 0.6) is 5.75 Å².